The van der Waals surface area contributed by atoms with E-state index in [1.165, 1.54) is 25.7 Å². The summed E-state index contributed by atoms with van der Waals surface area (Å²) in [4.78, 5) is 0. The predicted octanol–water partition coefficient (Wildman–Crippen LogP) is 4.21. The topological polar surface area (TPSA) is 40.5 Å². The third-order valence-electron chi connectivity index (χ3n) is 3.40. The van der Waals surface area contributed by atoms with Crippen LogP contribution in [0.5, 0.6) is 0 Å². The van der Waals surface area contributed by atoms with Crippen LogP contribution in [0.2, 0.25) is 0 Å². The van der Waals surface area contributed by atoms with Crippen molar-refractivity contribution in [1.29, 1.82) is 0 Å². The lowest BCUT2D eigenvalue weighted by atomic mass is 9.87. The van der Waals surface area contributed by atoms with E-state index in [9.17, 15) is 10.2 Å². The van der Waals surface area contributed by atoms with Crippen molar-refractivity contribution < 1.29 is 10.2 Å². The second kappa shape index (κ2) is 10.6. The van der Waals surface area contributed by atoms with Crippen molar-refractivity contribution >= 4 is 0 Å². The maximum absolute atomic E-state index is 10.6. The molecule has 18 heavy (non-hydrogen) atoms. The third kappa shape index (κ3) is 9.67. The molecule has 0 aliphatic carbocycles. The first-order chi connectivity index (χ1) is 8.54. The molecule has 0 aromatic heterocycles. The van der Waals surface area contributed by atoms with Crippen LogP contribution in [0.15, 0.2) is 12.2 Å². The van der Waals surface area contributed by atoms with Crippen molar-refractivity contribution in [3.63, 3.8) is 0 Å². The highest BCUT2D eigenvalue weighted by molar-refractivity contribution is 4.93. The molecule has 0 rings (SSSR count). The molecule has 2 N–H and O–H groups in total. The minimum Gasteiger partial charge on any atom is -0.390 e. The van der Waals surface area contributed by atoms with Gasteiger partial charge in [-0.25, -0.2) is 0 Å². The van der Waals surface area contributed by atoms with Crippen LogP contribution in [-0.2, 0) is 0 Å². The first kappa shape index (κ1) is 17.7. The van der Waals surface area contributed by atoms with E-state index >= 15 is 0 Å². The SMILES string of the molecule is CCCCCC(O)(C/C=C/C(C)O)CCCCC. The molecule has 0 bridgehead atoms. The summed E-state index contributed by atoms with van der Waals surface area (Å²) in [7, 11) is 0. The average molecular weight is 256 g/mol. The van der Waals surface area contributed by atoms with Gasteiger partial charge in [-0.3, -0.25) is 0 Å². The van der Waals surface area contributed by atoms with Gasteiger partial charge in [0.15, 0.2) is 0 Å². The van der Waals surface area contributed by atoms with E-state index in [1.54, 1.807) is 13.0 Å². The summed E-state index contributed by atoms with van der Waals surface area (Å²) in [5.74, 6) is 0. The van der Waals surface area contributed by atoms with Gasteiger partial charge >= 0.3 is 0 Å². The van der Waals surface area contributed by atoms with Crippen molar-refractivity contribution in [3.8, 4) is 0 Å². The molecule has 0 saturated carbocycles. The van der Waals surface area contributed by atoms with Gasteiger partial charge in [-0.2, -0.15) is 0 Å². The number of aliphatic hydroxyl groups is 2. The Morgan fingerprint density at radius 1 is 1.00 bits per heavy atom. The van der Waals surface area contributed by atoms with E-state index < -0.39 is 11.7 Å². The number of hydrogen-bond donors (Lipinski definition) is 2. The smallest absolute Gasteiger partial charge is 0.0692 e. The Labute approximate surface area is 113 Å². The van der Waals surface area contributed by atoms with Crippen LogP contribution in [-0.4, -0.2) is 21.9 Å². The van der Waals surface area contributed by atoms with Crippen LogP contribution in [0.25, 0.3) is 0 Å². The number of rotatable bonds is 11. The molecule has 0 radical (unpaired) electrons. The molecule has 0 amide bonds. The Balaban J connectivity index is 4.19. The molecule has 0 aliphatic rings. The molecular formula is C16H32O2. The molecule has 0 spiro atoms. The van der Waals surface area contributed by atoms with E-state index in [0.29, 0.717) is 6.42 Å². The van der Waals surface area contributed by atoms with Crippen LogP contribution in [0.3, 0.4) is 0 Å². The minimum atomic E-state index is -0.560. The summed E-state index contributed by atoms with van der Waals surface area (Å²) in [6, 6.07) is 0. The lowest BCUT2D eigenvalue weighted by molar-refractivity contribution is 0.0206. The fraction of sp³-hybridized carbons (Fsp3) is 0.875. The second-order valence-electron chi connectivity index (χ2n) is 5.51. The van der Waals surface area contributed by atoms with Gasteiger partial charge in [0.25, 0.3) is 0 Å². The zero-order valence-electron chi connectivity index (χ0n) is 12.5. The molecule has 0 fully saturated rings. The van der Waals surface area contributed by atoms with Crippen LogP contribution in [0.4, 0.5) is 0 Å². The molecule has 0 aliphatic heterocycles. The van der Waals surface area contributed by atoms with E-state index in [-0.39, 0.29) is 0 Å². The van der Waals surface area contributed by atoms with Crippen molar-refractivity contribution in [1.82, 2.24) is 0 Å². The number of unbranched alkanes of at least 4 members (excludes halogenated alkanes) is 4. The highest BCUT2D eigenvalue weighted by Crippen LogP contribution is 2.26. The quantitative estimate of drug-likeness (QED) is 0.429. The Bertz CT molecular complexity index is 199. The Hall–Kier alpha value is -0.340. The van der Waals surface area contributed by atoms with E-state index in [2.05, 4.69) is 13.8 Å². The second-order valence-corrected chi connectivity index (χ2v) is 5.51. The molecule has 108 valence electrons. The molecule has 1 atom stereocenters. The van der Waals surface area contributed by atoms with Crippen molar-refractivity contribution in [2.24, 2.45) is 0 Å². The molecule has 0 heterocycles. The summed E-state index contributed by atoms with van der Waals surface area (Å²) in [5, 5.41) is 19.9. The Morgan fingerprint density at radius 2 is 1.50 bits per heavy atom. The minimum absolute atomic E-state index is 0.416. The van der Waals surface area contributed by atoms with Gasteiger partial charge in [0.2, 0.25) is 0 Å². The standard InChI is InChI=1S/C16H32O2/c1-4-6-8-12-16(18,13-9-7-5-2)14-10-11-15(3)17/h10-11,15,17-18H,4-9,12-14H2,1-3H3/b11-10+. The van der Waals surface area contributed by atoms with Crippen LogP contribution in [0.1, 0.15) is 78.6 Å². The van der Waals surface area contributed by atoms with Crippen LogP contribution in [0, 0.1) is 0 Å². The van der Waals surface area contributed by atoms with Gasteiger partial charge in [0, 0.05) is 0 Å². The normalized spacial score (nSPS) is 14.3. The molecular weight excluding hydrogens is 224 g/mol. The van der Waals surface area contributed by atoms with Gasteiger partial charge in [0.1, 0.15) is 0 Å². The first-order valence-corrected chi connectivity index (χ1v) is 7.61. The summed E-state index contributed by atoms with van der Waals surface area (Å²) in [6.45, 7) is 6.11. The lowest BCUT2D eigenvalue weighted by Crippen LogP contribution is -2.28. The van der Waals surface area contributed by atoms with Crippen molar-refractivity contribution in [2.45, 2.75) is 90.3 Å². The molecule has 0 saturated heterocycles. The van der Waals surface area contributed by atoms with Crippen LogP contribution >= 0.6 is 0 Å². The molecule has 0 aromatic carbocycles. The molecule has 1 unspecified atom stereocenters. The summed E-state index contributed by atoms with van der Waals surface area (Å²) >= 11 is 0. The highest BCUT2D eigenvalue weighted by Gasteiger charge is 2.24. The first-order valence-electron chi connectivity index (χ1n) is 7.61. The van der Waals surface area contributed by atoms with E-state index in [1.807, 2.05) is 6.08 Å². The van der Waals surface area contributed by atoms with Gasteiger partial charge < -0.3 is 10.2 Å². The predicted molar refractivity (Wildman–Crippen MR) is 78.7 cm³/mol. The van der Waals surface area contributed by atoms with Gasteiger partial charge in [-0.15, -0.1) is 0 Å². The van der Waals surface area contributed by atoms with E-state index in [4.69, 9.17) is 0 Å². The largest absolute Gasteiger partial charge is 0.390 e. The zero-order chi connectivity index (χ0) is 13.9. The summed E-state index contributed by atoms with van der Waals surface area (Å²) < 4.78 is 0. The third-order valence-corrected chi connectivity index (χ3v) is 3.40. The van der Waals surface area contributed by atoms with Crippen LogP contribution < -0.4 is 0 Å². The molecule has 2 nitrogen and oxygen atoms in total. The monoisotopic (exact) mass is 256 g/mol. The molecule has 2 heteroatoms. The number of aliphatic hydroxyl groups excluding tert-OH is 1. The van der Waals surface area contributed by atoms with Crippen molar-refractivity contribution in [2.75, 3.05) is 0 Å². The van der Waals surface area contributed by atoms with Gasteiger partial charge in [0.05, 0.1) is 11.7 Å². The maximum Gasteiger partial charge on any atom is 0.0692 e. The highest BCUT2D eigenvalue weighted by atomic mass is 16.3. The lowest BCUT2D eigenvalue weighted by Gasteiger charge is -2.27. The Morgan fingerprint density at radius 3 is 1.89 bits per heavy atom. The summed E-state index contributed by atoms with van der Waals surface area (Å²) in [5.41, 5.74) is -0.560. The van der Waals surface area contributed by atoms with Gasteiger partial charge in [-0.05, 0) is 26.2 Å². The average Bonchev–Trinajstić information content (AvgIpc) is 2.29. The van der Waals surface area contributed by atoms with E-state index in [0.717, 1.165) is 25.7 Å². The Kier molecular flexibility index (Phi) is 10.4. The molecule has 0 aromatic rings. The zero-order valence-corrected chi connectivity index (χ0v) is 12.5. The maximum atomic E-state index is 10.6. The fourth-order valence-corrected chi connectivity index (χ4v) is 2.22. The fourth-order valence-electron chi connectivity index (χ4n) is 2.22. The van der Waals surface area contributed by atoms with Gasteiger partial charge in [-0.1, -0.05) is 64.5 Å². The van der Waals surface area contributed by atoms with Crippen molar-refractivity contribution in [3.05, 3.63) is 12.2 Å². The summed E-state index contributed by atoms with van der Waals surface area (Å²) in [6.07, 6.45) is 12.7. The number of hydrogen-bond acceptors (Lipinski definition) is 2.